The van der Waals surface area contributed by atoms with E-state index in [9.17, 15) is 0 Å². The molecule has 100 valence electrons. The van der Waals surface area contributed by atoms with Crippen molar-refractivity contribution in [1.29, 1.82) is 0 Å². The van der Waals surface area contributed by atoms with Gasteiger partial charge < -0.3 is 0 Å². The van der Waals surface area contributed by atoms with E-state index in [4.69, 9.17) is 0 Å². The van der Waals surface area contributed by atoms with Crippen molar-refractivity contribution >= 4 is 0 Å². The van der Waals surface area contributed by atoms with Crippen LogP contribution < -0.4 is 10.9 Å². The molecule has 0 saturated heterocycles. The van der Waals surface area contributed by atoms with Crippen molar-refractivity contribution < 1.29 is 0 Å². The van der Waals surface area contributed by atoms with Gasteiger partial charge in [-0.2, -0.15) is 0 Å². The predicted molar refractivity (Wildman–Crippen MR) is 73.7 cm³/mol. The lowest BCUT2D eigenvalue weighted by Gasteiger charge is -2.40. The lowest BCUT2D eigenvalue weighted by Crippen LogP contribution is -2.50. The molecule has 2 rings (SSSR count). The van der Waals surface area contributed by atoms with Crippen LogP contribution in [0.15, 0.2) is 0 Å². The molecule has 2 atom stereocenters. The molecule has 0 aromatic heterocycles. The molecule has 0 aliphatic heterocycles. The molecule has 0 amide bonds. The van der Waals surface area contributed by atoms with Crippen LogP contribution in [0.25, 0.3) is 0 Å². The Kier molecular flexibility index (Phi) is 4.48. The molecular weight excluding hydrogens is 208 g/mol. The van der Waals surface area contributed by atoms with Crippen LogP contribution in [0.2, 0.25) is 0 Å². The van der Waals surface area contributed by atoms with Crippen molar-refractivity contribution in [2.45, 2.75) is 84.2 Å². The molecule has 2 saturated carbocycles. The minimum absolute atomic E-state index is 0.517. The van der Waals surface area contributed by atoms with Crippen LogP contribution >= 0.6 is 0 Å². The van der Waals surface area contributed by atoms with Gasteiger partial charge in [-0.3, -0.25) is 10.9 Å². The molecule has 0 radical (unpaired) electrons. The Morgan fingerprint density at radius 3 is 2.18 bits per heavy atom. The molecule has 0 aromatic rings. The Morgan fingerprint density at radius 2 is 1.53 bits per heavy atom. The van der Waals surface area contributed by atoms with Crippen molar-refractivity contribution in [2.75, 3.05) is 0 Å². The summed E-state index contributed by atoms with van der Waals surface area (Å²) in [6.07, 6.45) is 11.0. The molecule has 2 unspecified atom stereocenters. The molecule has 2 aliphatic carbocycles. The zero-order valence-corrected chi connectivity index (χ0v) is 11.9. The largest absolute Gasteiger partial charge is 0.255 e. The smallest absolute Gasteiger partial charge is 0.0220 e. The van der Waals surface area contributed by atoms with Gasteiger partial charge in [0.05, 0.1) is 0 Å². The van der Waals surface area contributed by atoms with Gasteiger partial charge in [-0.05, 0) is 43.4 Å². The summed E-state index contributed by atoms with van der Waals surface area (Å²) in [6.45, 7) is 7.23. The Hall–Kier alpha value is -0.0800. The molecule has 2 aliphatic rings. The minimum Gasteiger partial charge on any atom is -0.255 e. The maximum Gasteiger partial charge on any atom is 0.0220 e. The van der Waals surface area contributed by atoms with Crippen LogP contribution in [0.1, 0.15) is 72.1 Å². The summed E-state index contributed by atoms with van der Waals surface area (Å²) >= 11 is 0. The van der Waals surface area contributed by atoms with E-state index in [1.165, 1.54) is 51.4 Å². The zero-order valence-electron chi connectivity index (χ0n) is 11.9. The first-order valence-corrected chi connectivity index (χ1v) is 7.56. The third kappa shape index (κ3) is 4.26. The normalized spacial score (nSPS) is 34.8. The molecule has 0 aromatic carbocycles. The first-order valence-electron chi connectivity index (χ1n) is 7.56. The zero-order chi connectivity index (χ0) is 12.3. The number of hydrogen-bond donors (Lipinski definition) is 2. The quantitative estimate of drug-likeness (QED) is 0.734. The van der Waals surface area contributed by atoms with E-state index in [-0.39, 0.29) is 0 Å². The fourth-order valence-electron chi connectivity index (χ4n) is 3.94. The molecule has 0 heterocycles. The Morgan fingerprint density at radius 1 is 0.882 bits per heavy atom. The fourth-order valence-corrected chi connectivity index (χ4v) is 3.94. The monoisotopic (exact) mass is 238 g/mol. The standard InChI is InChI=1S/C15H30N2/c1-12-9-14(11-15(2,3)10-12)17-16-13-7-5-4-6-8-13/h12-14,16-17H,4-11H2,1-3H3. The molecule has 0 bridgehead atoms. The summed E-state index contributed by atoms with van der Waals surface area (Å²) in [7, 11) is 0. The van der Waals surface area contributed by atoms with Crippen LogP contribution in [-0.4, -0.2) is 12.1 Å². The highest BCUT2D eigenvalue weighted by Crippen LogP contribution is 2.38. The third-order valence-electron chi connectivity index (χ3n) is 4.48. The Balaban J connectivity index is 1.74. The van der Waals surface area contributed by atoms with Crippen molar-refractivity contribution in [3.63, 3.8) is 0 Å². The van der Waals surface area contributed by atoms with Crippen LogP contribution in [0.5, 0.6) is 0 Å². The Labute approximate surface area is 107 Å². The van der Waals surface area contributed by atoms with Gasteiger partial charge in [-0.15, -0.1) is 0 Å². The molecular formula is C15H30N2. The number of hydrazine groups is 1. The van der Waals surface area contributed by atoms with E-state index in [2.05, 4.69) is 31.6 Å². The van der Waals surface area contributed by atoms with E-state index in [1.807, 2.05) is 0 Å². The van der Waals surface area contributed by atoms with Crippen molar-refractivity contribution in [1.82, 2.24) is 10.9 Å². The highest BCUT2D eigenvalue weighted by Gasteiger charge is 2.32. The fraction of sp³-hybridized carbons (Fsp3) is 1.00. The number of nitrogens with one attached hydrogen (secondary N) is 2. The second-order valence-corrected chi connectivity index (χ2v) is 7.23. The first-order chi connectivity index (χ1) is 8.05. The van der Waals surface area contributed by atoms with E-state index >= 15 is 0 Å². The van der Waals surface area contributed by atoms with Crippen molar-refractivity contribution in [3.8, 4) is 0 Å². The van der Waals surface area contributed by atoms with Gasteiger partial charge in [0.1, 0.15) is 0 Å². The lowest BCUT2D eigenvalue weighted by molar-refractivity contribution is 0.135. The summed E-state index contributed by atoms with van der Waals surface area (Å²) in [5.74, 6) is 0.865. The summed E-state index contributed by atoms with van der Waals surface area (Å²) < 4.78 is 0. The average molecular weight is 238 g/mol. The molecule has 2 fully saturated rings. The number of rotatable bonds is 3. The van der Waals surface area contributed by atoms with Gasteiger partial charge >= 0.3 is 0 Å². The van der Waals surface area contributed by atoms with E-state index in [0.717, 1.165) is 12.0 Å². The van der Waals surface area contributed by atoms with Crippen LogP contribution in [0.4, 0.5) is 0 Å². The molecule has 2 nitrogen and oxygen atoms in total. The maximum atomic E-state index is 3.63. The molecule has 17 heavy (non-hydrogen) atoms. The summed E-state index contributed by atoms with van der Waals surface area (Å²) in [4.78, 5) is 0. The second-order valence-electron chi connectivity index (χ2n) is 7.23. The SMILES string of the molecule is CC1CC(NNC2CCCCC2)CC(C)(C)C1. The molecule has 2 N–H and O–H groups in total. The lowest BCUT2D eigenvalue weighted by atomic mass is 9.71. The van der Waals surface area contributed by atoms with Crippen LogP contribution in [-0.2, 0) is 0 Å². The molecule has 2 heteroatoms. The third-order valence-corrected chi connectivity index (χ3v) is 4.48. The van der Waals surface area contributed by atoms with E-state index in [1.54, 1.807) is 0 Å². The van der Waals surface area contributed by atoms with Gasteiger partial charge in [0.25, 0.3) is 0 Å². The van der Waals surface area contributed by atoms with Crippen molar-refractivity contribution in [2.24, 2.45) is 11.3 Å². The van der Waals surface area contributed by atoms with Gasteiger partial charge in [0.2, 0.25) is 0 Å². The topological polar surface area (TPSA) is 24.1 Å². The van der Waals surface area contributed by atoms with Gasteiger partial charge in [-0.25, -0.2) is 0 Å². The molecule has 0 spiro atoms. The highest BCUT2D eigenvalue weighted by atomic mass is 15.4. The van der Waals surface area contributed by atoms with Gasteiger partial charge in [-0.1, -0.05) is 40.0 Å². The minimum atomic E-state index is 0.517. The van der Waals surface area contributed by atoms with Gasteiger partial charge in [0, 0.05) is 12.1 Å². The summed E-state index contributed by atoms with van der Waals surface area (Å²) in [6, 6.07) is 1.40. The highest BCUT2D eigenvalue weighted by molar-refractivity contribution is 4.86. The van der Waals surface area contributed by atoms with Gasteiger partial charge in [0.15, 0.2) is 0 Å². The summed E-state index contributed by atoms with van der Waals surface area (Å²) in [5.41, 5.74) is 7.74. The average Bonchev–Trinajstić information content (AvgIpc) is 2.25. The Bertz CT molecular complexity index is 231. The van der Waals surface area contributed by atoms with E-state index in [0.29, 0.717) is 11.5 Å². The summed E-state index contributed by atoms with van der Waals surface area (Å²) in [5, 5.41) is 0. The predicted octanol–water partition coefficient (Wildman–Crippen LogP) is 3.63. The first kappa shape index (κ1) is 13.4. The van der Waals surface area contributed by atoms with Crippen LogP contribution in [0.3, 0.4) is 0 Å². The maximum absolute atomic E-state index is 3.63. The van der Waals surface area contributed by atoms with Crippen molar-refractivity contribution in [3.05, 3.63) is 0 Å². The number of hydrogen-bond acceptors (Lipinski definition) is 2. The second kappa shape index (κ2) is 5.71. The van der Waals surface area contributed by atoms with Crippen LogP contribution in [0, 0.1) is 11.3 Å². The van der Waals surface area contributed by atoms with E-state index < -0.39 is 0 Å².